The first-order chi connectivity index (χ1) is 16.4. The molecule has 3 aromatic rings. The molecule has 172 valence electrons. The van der Waals surface area contributed by atoms with Gasteiger partial charge in [0.2, 0.25) is 5.91 Å². The minimum Gasteiger partial charge on any atom is -0.322 e. The molecule has 10 heteroatoms. The summed E-state index contributed by atoms with van der Waals surface area (Å²) in [7, 11) is 0. The summed E-state index contributed by atoms with van der Waals surface area (Å²) in [5, 5.41) is 14.9. The predicted octanol–water partition coefficient (Wildman–Crippen LogP) is 4.79. The topological polar surface area (TPSA) is 105 Å². The van der Waals surface area contributed by atoms with Crippen LogP contribution in [0.25, 0.3) is 0 Å². The van der Waals surface area contributed by atoms with Crippen LogP contribution in [0.3, 0.4) is 0 Å². The van der Waals surface area contributed by atoms with Crippen LogP contribution in [0, 0.1) is 10.1 Å². The second kappa shape index (κ2) is 10.5. The van der Waals surface area contributed by atoms with Gasteiger partial charge in [-0.3, -0.25) is 19.7 Å². The Morgan fingerprint density at radius 1 is 1.18 bits per heavy atom. The molecule has 1 atom stereocenters. The van der Waals surface area contributed by atoms with Gasteiger partial charge in [-0.1, -0.05) is 54.1 Å². The number of nitrogens with one attached hydrogen (secondary N) is 1. The minimum atomic E-state index is -0.537. The van der Waals surface area contributed by atoms with Crippen LogP contribution in [0.15, 0.2) is 77.9 Å². The van der Waals surface area contributed by atoms with E-state index in [-0.39, 0.29) is 22.0 Å². The first-order valence-electron chi connectivity index (χ1n) is 10.2. The van der Waals surface area contributed by atoms with E-state index in [1.165, 1.54) is 24.4 Å². The first-order valence-corrected chi connectivity index (χ1v) is 11.7. The number of benzene rings is 3. The van der Waals surface area contributed by atoms with Crippen LogP contribution in [0.5, 0.6) is 0 Å². The molecular formula is C24H19ClN4O4S. The number of halogens is 1. The molecule has 1 saturated heterocycles. The summed E-state index contributed by atoms with van der Waals surface area (Å²) in [4.78, 5) is 37.1. The molecule has 0 bridgehead atoms. The Labute approximate surface area is 204 Å². The maximum atomic E-state index is 12.4. The second-order valence-electron chi connectivity index (χ2n) is 7.45. The van der Waals surface area contributed by atoms with E-state index >= 15 is 0 Å². The molecule has 0 spiro atoms. The summed E-state index contributed by atoms with van der Waals surface area (Å²) < 4.78 is 0. The van der Waals surface area contributed by atoms with Crippen molar-refractivity contribution in [2.24, 2.45) is 5.10 Å². The van der Waals surface area contributed by atoms with E-state index in [0.29, 0.717) is 23.4 Å². The molecule has 0 saturated carbocycles. The van der Waals surface area contributed by atoms with Crippen molar-refractivity contribution in [2.45, 2.75) is 11.9 Å². The van der Waals surface area contributed by atoms with Gasteiger partial charge in [0, 0.05) is 34.8 Å². The molecule has 1 heterocycles. The van der Waals surface area contributed by atoms with Gasteiger partial charge in [0.05, 0.1) is 16.9 Å². The van der Waals surface area contributed by atoms with Gasteiger partial charge in [-0.25, -0.2) is 5.43 Å². The largest absolute Gasteiger partial charge is 0.322 e. The number of nitrogens with zero attached hydrogens (tertiary/aromatic N) is 3. The number of carbonyl (C=O) groups is 2. The zero-order valence-electron chi connectivity index (χ0n) is 17.8. The molecule has 0 aliphatic carbocycles. The van der Waals surface area contributed by atoms with E-state index in [1.54, 1.807) is 23.9 Å². The lowest BCUT2D eigenvalue weighted by Gasteiger charge is -2.24. The predicted molar refractivity (Wildman–Crippen MR) is 132 cm³/mol. The summed E-state index contributed by atoms with van der Waals surface area (Å²) >= 11 is 7.58. The highest BCUT2D eigenvalue weighted by Gasteiger charge is 2.32. The van der Waals surface area contributed by atoms with E-state index in [1.807, 2.05) is 47.4 Å². The molecule has 8 nitrogen and oxygen atoms in total. The van der Waals surface area contributed by atoms with Crippen molar-refractivity contribution in [2.75, 3.05) is 5.75 Å². The van der Waals surface area contributed by atoms with E-state index < -0.39 is 10.8 Å². The molecule has 1 fully saturated rings. The number of hydrazone groups is 1. The minimum absolute atomic E-state index is 0.0785. The van der Waals surface area contributed by atoms with Gasteiger partial charge in [0.15, 0.2) is 0 Å². The van der Waals surface area contributed by atoms with E-state index in [0.717, 1.165) is 11.1 Å². The number of carbonyl (C=O) groups excluding carboxylic acids is 2. The zero-order valence-corrected chi connectivity index (χ0v) is 19.3. The number of rotatable bonds is 7. The Hall–Kier alpha value is -3.69. The van der Waals surface area contributed by atoms with Crippen LogP contribution in [-0.2, 0) is 11.3 Å². The summed E-state index contributed by atoms with van der Waals surface area (Å²) in [6.07, 6.45) is 1.25. The van der Waals surface area contributed by atoms with Crippen LogP contribution in [0.2, 0.25) is 5.02 Å². The Morgan fingerprint density at radius 2 is 1.91 bits per heavy atom. The number of non-ortho nitro benzene ring substituents is 1. The molecule has 1 aliphatic rings. The van der Waals surface area contributed by atoms with Crippen molar-refractivity contribution in [3.05, 3.63) is 110 Å². The zero-order chi connectivity index (χ0) is 24.1. The number of hydrogen-bond donors (Lipinski definition) is 1. The number of nitro groups is 1. The van der Waals surface area contributed by atoms with Crippen LogP contribution in [0.4, 0.5) is 5.69 Å². The lowest BCUT2D eigenvalue weighted by Crippen LogP contribution is -2.27. The third-order valence-corrected chi connectivity index (χ3v) is 6.78. The van der Waals surface area contributed by atoms with Crippen LogP contribution >= 0.6 is 23.4 Å². The summed E-state index contributed by atoms with van der Waals surface area (Å²) in [5.74, 6) is 0.0461. The maximum absolute atomic E-state index is 12.4. The Kier molecular flexibility index (Phi) is 7.24. The quantitative estimate of drug-likeness (QED) is 0.289. The maximum Gasteiger partial charge on any atom is 0.271 e. The average Bonchev–Trinajstić information content (AvgIpc) is 3.20. The average molecular weight is 495 g/mol. The molecule has 1 N–H and O–H groups in total. The van der Waals surface area contributed by atoms with Crippen LogP contribution < -0.4 is 5.43 Å². The number of amides is 2. The van der Waals surface area contributed by atoms with Gasteiger partial charge in [-0.15, -0.1) is 11.8 Å². The molecule has 0 radical (unpaired) electrons. The number of hydrogen-bond acceptors (Lipinski definition) is 6. The van der Waals surface area contributed by atoms with Gasteiger partial charge in [0.25, 0.3) is 11.6 Å². The Balaban J connectivity index is 1.41. The third kappa shape index (κ3) is 5.44. The second-order valence-corrected chi connectivity index (χ2v) is 8.93. The molecule has 3 aromatic carbocycles. The fraction of sp³-hybridized carbons (Fsp3) is 0.125. The Morgan fingerprint density at radius 3 is 2.62 bits per heavy atom. The van der Waals surface area contributed by atoms with Crippen molar-refractivity contribution in [3.63, 3.8) is 0 Å². The highest BCUT2D eigenvalue weighted by molar-refractivity contribution is 8.00. The lowest BCUT2D eigenvalue weighted by atomic mass is 10.1. The molecule has 0 aromatic heterocycles. The Bertz CT molecular complexity index is 1250. The van der Waals surface area contributed by atoms with E-state index in [4.69, 9.17) is 11.6 Å². The normalized spacial score (nSPS) is 15.6. The fourth-order valence-electron chi connectivity index (χ4n) is 3.45. The van der Waals surface area contributed by atoms with Crippen molar-refractivity contribution in [1.82, 2.24) is 10.3 Å². The van der Waals surface area contributed by atoms with Crippen LogP contribution in [-0.4, -0.2) is 33.6 Å². The highest BCUT2D eigenvalue weighted by atomic mass is 35.5. The SMILES string of the molecule is O=C(N/N=C\c1cc([N+](=O)[O-])ccc1Cl)c1ccc([C@H]2SCC(=O)N2Cc2ccccc2)cc1. The molecule has 2 amide bonds. The lowest BCUT2D eigenvalue weighted by molar-refractivity contribution is -0.384. The monoisotopic (exact) mass is 494 g/mol. The summed E-state index contributed by atoms with van der Waals surface area (Å²) in [5.41, 5.74) is 4.95. The van der Waals surface area contributed by atoms with Crippen LogP contribution in [0.1, 0.15) is 32.4 Å². The molecule has 34 heavy (non-hydrogen) atoms. The van der Waals surface area contributed by atoms with Crippen molar-refractivity contribution < 1.29 is 14.5 Å². The van der Waals surface area contributed by atoms with E-state index in [2.05, 4.69) is 10.5 Å². The van der Waals surface area contributed by atoms with Crippen molar-refractivity contribution in [3.8, 4) is 0 Å². The van der Waals surface area contributed by atoms with Crippen molar-refractivity contribution >= 4 is 47.1 Å². The van der Waals surface area contributed by atoms with Gasteiger partial charge in [-0.2, -0.15) is 5.10 Å². The molecule has 0 unspecified atom stereocenters. The number of thioether (sulfide) groups is 1. The molecule has 4 rings (SSSR count). The highest BCUT2D eigenvalue weighted by Crippen LogP contribution is 2.39. The standard InChI is InChI=1S/C24H19ClN4O4S/c25-21-11-10-20(29(32)33)12-19(21)13-26-27-23(31)17-6-8-18(9-7-17)24-28(22(30)15-34-24)14-16-4-2-1-3-5-16/h1-13,24H,14-15H2,(H,27,31)/b26-13-/t24-/m1/s1. The van der Waals surface area contributed by atoms with E-state index in [9.17, 15) is 19.7 Å². The fourth-order valence-corrected chi connectivity index (χ4v) is 4.80. The number of nitro benzene ring substituents is 1. The third-order valence-electron chi connectivity index (χ3n) is 5.18. The summed E-state index contributed by atoms with van der Waals surface area (Å²) in [6.45, 7) is 0.522. The van der Waals surface area contributed by atoms with Crippen molar-refractivity contribution in [1.29, 1.82) is 0 Å². The smallest absolute Gasteiger partial charge is 0.271 e. The summed E-state index contributed by atoms with van der Waals surface area (Å²) in [6, 6.07) is 20.8. The van der Waals surface area contributed by atoms with Gasteiger partial charge in [-0.05, 0) is 29.3 Å². The first kappa shape index (κ1) is 23.5. The van der Waals surface area contributed by atoms with Gasteiger partial charge in [0.1, 0.15) is 5.37 Å². The van der Waals surface area contributed by atoms with Gasteiger partial charge >= 0.3 is 0 Å². The molecule has 1 aliphatic heterocycles. The van der Waals surface area contributed by atoms with Gasteiger partial charge < -0.3 is 4.90 Å². The molecular weight excluding hydrogens is 476 g/mol.